The zero-order chi connectivity index (χ0) is 13.4. The van der Waals surface area contributed by atoms with Crippen molar-refractivity contribution in [3.63, 3.8) is 0 Å². The number of likely N-dealkylation sites (tertiary alicyclic amines) is 1. The molecule has 5 nitrogen and oxygen atoms in total. The van der Waals surface area contributed by atoms with Gasteiger partial charge < -0.3 is 15.3 Å². The summed E-state index contributed by atoms with van der Waals surface area (Å²) in [6, 6.07) is 0. The third-order valence-electron chi connectivity index (χ3n) is 4.34. The molecule has 2 unspecified atom stereocenters. The number of carbonyl (C=O) groups is 2. The molecular formula is C13H22N2O3. The topological polar surface area (TPSA) is 69.6 Å². The molecule has 0 saturated carbocycles. The van der Waals surface area contributed by atoms with Gasteiger partial charge in [0.25, 0.3) is 0 Å². The quantitative estimate of drug-likeness (QED) is 0.766. The second kappa shape index (κ2) is 4.53. The minimum absolute atomic E-state index is 0.0622. The molecule has 0 bridgehead atoms. The normalized spacial score (nSPS) is 36.7. The number of nitrogens with one attached hydrogen (secondary N) is 1. The molecule has 5 heteroatoms. The summed E-state index contributed by atoms with van der Waals surface area (Å²) < 4.78 is 0. The highest BCUT2D eigenvalue weighted by Crippen LogP contribution is 2.32. The number of amides is 1. The van der Waals surface area contributed by atoms with Crippen molar-refractivity contribution in [2.45, 2.75) is 45.1 Å². The molecule has 0 radical (unpaired) electrons. The molecule has 102 valence electrons. The molecule has 0 aromatic heterocycles. The van der Waals surface area contributed by atoms with Gasteiger partial charge in [0.2, 0.25) is 5.91 Å². The van der Waals surface area contributed by atoms with Crippen molar-refractivity contribution in [2.24, 2.45) is 5.41 Å². The summed E-state index contributed by atoms with van der Waals surface area (Å²) in [6.45, 7) is 5.54. The van der Waals surface area contributed by atoms with Crippen molar-refractivity contribution in [3.05, 3.63) is 0 Å². The lowest BCUT2D eigenvalue weighted by atomic mass is 9.81. The molecule has 2 aliphatic heterocycles. The lowest BCUT2D eigenvalue weighted by molar-refractivity contribution is -0.154. The van der Waals surface area contributed by atoms with E-state index in [1.54, 1.807) is 11.8 Å². The molecule has 2 rings (SSSR count). The van der Waals surface area contributed by atoms with Gasteiger partial charge in [0.1, 0.15) is 0 Å². The zero-order valence-corrected chi connectivity index (χ0v) is 11.2. The number of aliphatic carboxylic acids is 1. The van der Waals surface area contributed by atoms with E-state index in [1.165, 1.54) is 0 Å². The molecular weight excluding hydrogens is 232 g/mol. The highest BCUT2D eigenvalue weighted by Gasteiger charge is 2.44. The van der Waals surface area contributed by atoms with Crippen LogP contribution in [-0.4, -0.2) is 47.1 Å². The van der Waals surface area contributed by atoms with Crippen LogP contribution in [-0.2, 0) is 9.59 Å². The van der Waals surface area contributed by atoms with Crippen molar-refractivity contribution < 1.29 is 14.7 Å². The first-order chi connectivity index (χ1) is 8.37. The third-order valence-corrected chi connectivity index (χ3v) is 4.34. The number of hydrogen-bond donors (Lipinski definition) is 2. The molecule has 0 aromatic rings. The maximum Gasteiger partial charge on any atom is 0.311 e. The molecule has 2 aliphatic rings. The van der Waals surface area contributed by atoms with Crippen LogP contribution >= 0.6 is 0 Å². The number of rotatable bonds is 2. The van der Waals surface area contributed by atoms with Crippen LogP contribution in [0.4, 0.5) is 0 Å². The summed E-state index contributed by atoms with van der Waals surface area (Å²) in [5.41, 5.74) is -1.28. The average molecular weight is 254 g/mol. The first kappa shape index (κ1) is 13.3. The predicted octanol–water partition coefficient (Wildman–Crippen LogP) is 0.842. The SMILES string of the molecule is CC1(C(=O)O)CCCN(C(=O)C2(C)CCCN2)C1. The van der Waals surface area contributed by atoms with E-state index in [1.807, 2.05) is 6.92 Å². The van der Waals surface area contributed by atoms with Crippen LogP contribution < -0.4 is 5.32 Å². The zero-order valence-electron chi connectivity index (χ0n) is 11.2. The largest absolute Gasteiger partial charge is 0.481 e. The summed E-state index contributed by atoms with van der Waals surface area (Å²) in [6.07, 6.45) is 3.26. The Balaban J connectivity index is 2.09. The van der Waals surface area contributed by atoms with E-state index in [-0.39, 0.29) is 5.91 Å². The molecule has 18 heavy (non-hydrogen) atoms. The first-order valence-electron chi connectivity index (χ1n) is 6.65. The Bertz CT molecular complexity index is 363. The lowest BCUT2D eigenvalue weighted by Gasteiger charge is -2.40. The van der Waals surface area contributed by atoms with Gasteiger partial charge in [0, 0.05) is 13.1 Å². The van der Waals surface area contributed by atoms with Crippen LogP contribution in [0.3, 0.4) is 0 Å². The van der Waals surface area contributed by atoms with E-state index < -0.39 is 16.9 Å². The van der Waals surface area contributed by atoms with E-state index in [0.29, 0.717) is 19.5 Å². The van der Waals surface area contributed by atoms with Crippen molar-refractivity contribution in [1.82, 2.24) is 10.2 Å². The monoisotopic (exact) mass is 254 g/mol. The standard InChI is InChI=1S/C13H22N2O3/c1-12(11(17)18)5-4-8-15(9-12)10(16)13(2)6-3-7-14-13/h14H,3-9H2,1-2H3,(H,17,18). The number of carboxylic acids is 1. The van der Waals surface area contributed by atoms with E-state index in [9.17, 15) is 14.7 Å². The Hall–Kier alpha value is -1.10. The number of hydrogen-bond acceptors (Lipinski definition) is 3. The van der Waals surface area contributed by atoms with Crippen LogP contribution in [0.15, 0.2) is 0 Å². The number of carbonyl (C=O) groups excluding carboxylic acids is 1. The van der Waals surface area contributed by atoms with E-state index in [0.717, 1.165) is 25.8 Å². The predicted molar refractivity (Wildman–Crippen MR) is 67.2 cm³/mol. The summed E-state index contributed by atoms with van der Waals surface area (Å²) in [7, 11) is 0. The van der Waals surface area contributed by atoms with E-state index >= 15 is 0 Å². The smallest absolute Gasteiger partial charge is 0.311 e. The minimum atomic E-state index is -0.801. The van der Waals surface area contributed by atoms with E-state index in [4.69, 9.17) is 0 Å². The number of piperidine rings is 1. The maximum atomic E-state index is 12.5. The fourth-order valence-corrected chi connectivity index (χ4v) is 3.01. The minimum Gasteiger partial charge on any atom is -0.481 e. The summed E-state index contributed by atoms with van der Waals surface area (Å²) in [5.74, 6) is -0.739. The van der Waals surface area contributed by atoms with Crippen LogP contribution in [0.25, 0.3) is 0 Å². The van der Waals surface area contributed by atoms with Gasteiger partial charge in [-0.25, -0.2) is 0 Å². The maximum absolute atomic E-state index is 12.5. The fraction of sp³-hybridized carbons (Fsp3) is 0.846. The molecule has 2 atom stereocenters. The van der Waals surface area contributed by atoms with Gasteiger partial charge in [-0.05, 0) is 46.1 Å². The van der Waals surface area contributed by atoms with Gasteiger partial charge in [-0.1, -0.05) is 0 Å². The van der Waals surface area contributed by atoms with Crippen LogP contribution in [0.1, 0.15) is 39.5 Å². The van der Waals surface area contributed by atoms with Gasteiger partial charge in [0.05, 0.1) is 11.0 Å². The van der Waals surface area contributed by atoms with Crippen LogP contribution in [0, 0.1) is 5.41 Å². The molecule has 2 heterocycles. The molecule has 0 aliphatic carbocycles. The third kappa shape index (κ3) is 2.23. The highest BCUT2D eigenvalue weighted by molar-refractivity contribution is 5.87. The molecule has 1 amide bonds. The van der Waals surface area contributed by atoms with Crippen LogP contribution in [0.5, 0.6) is 0 Å². The molecule has 2 N–H and O–H groups in total. The second-order valence-corrected chi connectivity index (χ2v) is 6.06. The highest BCUT2D eigenvalue weighted by atomic mass is 16.4. The Morgan fingerprint density at radius 1 is 1.22 bits per heavy atom. The first-order valence-corrected chi connectivity index (χ1v) is 6.65. The Labute approximate surface area is 108 Å². The molecule has 2 fully saturated rings. The Morgan fingerprint density at radius 3 is 2.50 bits per heavy atom. The number of nitrogens with zero attached hydrogens (tertiary/aromatic N) is 1. The Kier molecular flexibility index (Phi) is 3.36. The van der Waals surface area contributed by atoms with Crippen molar-refractivity contribution in [2.75, 3.05) is 19.6 Å². The average Bonchev–Trinajstić information content (AvgIpc) is 2.76. The van der Waals surface area contributed by atoms with Crippen molar-refractivity contribution in [3.8, 4) is 0 Å². The fourth-order valence-electron chi connectivity index (χ4n) is 3.01. The summed E-state index contributed by atoms with van der Waals surface area (Å²) in [4.78, 5) is 25.5. The lowest BCUT2D eigenvalue weighted by Crippen LogP contribution is -2.57. The Morgan fingerprint density at radius 2 is 1.94 bits per heavy atom. The van der Waals surface area contributed by atoms with Gasteiger partial charge >= 0.3 is 5.97 Å². The molecule has 2 saturated heterocycles. The van der Waals surface area contributed by atoms with Crippen molar-refractivity contribution in [1.29, 1.82) is 0 Å². The van der Waals surface area contributed by atoms with Crippen molar-refractivity contribution >= 4 is 11.9 Å². The van der Waals surface area contributed by atoms with Gasteiger partial charge in [-0.2, -0.15) is 0 Å². The molecule has 0 spiro atoms. The summed E-state index contributed by atoms with van der Waals surface area (Å²) >= 11 is 0. The number of carboxylic acid groups (broad SMARTS) is 1. The van der Waals surface area contributed by atoms with Gasteiger partial charge in [0.15, 0.2) is 0 Å². The van der Waals surface area contributed by atoms with Gasteiger partial charge in [-0.3, -0.25) is 9.59 Å². The van der Waals surface area contributed by atoms with E-state index in [2.05, 4.69) is 5.32 Å². The van der Waals surface area contributed by atoms with Crippen LogP contribution in [0.2, 0.25) is 0 Å². The second-order valence-electron chi connectivity index (χ2n) is 6.06. The molecule has 0 aromatic carbocycles. The van der Waals surface area contributed by atoms with Gasteiger partial charge in [-0.15, -0.1) is 0 Å². The summed E-state index contributed by atoms with van der Waals surface area (Å²) in [5, 5.41) is 12.5.